The van der Waals surface area contributed by atoms with Gasteiger partial charge in [-0.2, -0.15) is 13.5 Å². The lowest BCUT2D eigenvalue weighted by atomic mass is 10.1. The molecule has 0 unspecified atom stereocenters. The van der Waals surface area contributed by atoms with Gasteiger partial charge in [-0.05, 0) is 29.0 Å². The highest BCUT2D eigenvalue weighted by molar-refractivity contribution is 7.90. The van der Waals surface area contributed by atoms with E-state index in [1.165, 1.54) is 36.4 Å². The topological polar surface area (TPSA) is 116 Å². The second-order valence-electron chi connectivity index (χ2n) is 9.22. The average Bonchev–Trinajstić information content (AvgIpc) is 3.00. The van der Waals surface area contributed by atoms with Crippen molar-refractivity contribution < 1.29 is 31.4 Å². The Morgan fingerprint density at radius 3 is 1.90 bits per heavy atom. The second kappa shape index (κ2) is 11.8. The molecule has 0 spiro atoms. The SMILES string of the molecule is O=[N+]([O-])c1ccc(OC(F)F)c([C@H](NS(=O)(=O)c2ccc3ccccc3c2)P(=O)(c2ccccc2)c2ccccc2)c1. The Morgan fingerprint density at radius 1 is 0.762 bits per heavy atom. The molecule has 5 aromatic rings. The van der Waals surface area contributed by atoms with Crippen LogP contribution in [0.4, 0.5) is 14.5 Å². The number of fused-ring (bicyclic) bond motifs is 1. The maximum absolute atomic E-state index is 15.4. The number of nitro benzene ring substituents is 1. The quantitative estimate of drug-likeness (QED) is 0.112. The number of ether oxygens (including phenoxy) is 1. The minimum Gasteiger partial charge on any atom is -0.434 e. The highest BCUT2D eigenvalue weighted by Gasteiger charge is 2.43. The summed E-state index contributed by atoms with van der Waals surface area (Å²) in [7, 11) is -8.69. The summed E-state index contributed by atoms with van der Waals surface area (Å²) < 4.78 is 77.6. The van der Waals surface area contributed by atoms with E-state index in [-0.39, 0.29) is 21.1 Å². The van der Waals surface area contributed by atoms with Gasteiger partial charge in [0.1, 0.15) is 11.5 Å². The van der Waals surface area contributed by atoms with Crippen LogP contribution in [0.1, 0.15) is 11.3 Å². The fraction of sp³-hybridized carbons (Fsp3) is 0.0667. The van der Waals surface area contributed by atoms with Gasteiger partial charge in [0, 0.05) is 28.3 Å². The van der Waals surface area contributed by atoms with Gasteiger partial charge in [0.15, 0.2) is 7.14 Å². The third kappa shape index (κ3) is 5.80. The largest absolute Gasteiger partial charge is 0.434 e. The number of nitrogens with zero attached hydrogens (tertiary/aromatic N) is 1. The molecule has 42 heavy (non-hydrogen) atoms. The molecule has 8 nitrogen and oxygen atoms in total. The fourth-order valence-electron chi connectivity index (χ4n) is 4.70. The molecule has 0 fully saturated rings. The van der Waals surface area contributed by atoms with Crippen molar-refractivity contribution in [3.05, 3.63) is 137 Å². The molecule has 0 aliphatic heterocycles. The Bertz CT molecular complexity index is 1860. The lowest BCUT2D eigenvalue weighted by Gasteiger charge is -2.30. The van der Waals surface area contributed by atoms with E-state index in [0.717, 1.165) is 23.6 Å². The molecule has 0 bridgehead atoms. The summed E-state index contributed by atoms with van der Waals surface area (Å²) in [6.45, 7) is -3.35. The zero-order valence-electron chi connectivity index (χ0n) is 21.7. The van der Waals surface area contributed by atoms with Crippen LogP contribution in [0.25, 0.3) is 10.8 Å². The highest BCUT2D eigenvalue weighted by atomic mass is 32.2. The first kappa shape index (κ1) is 29.1. The van der Waals surface area contributed by atoms with Crippen LogP contribution >= 0.6 is 7.14 Å². The smallest absolute Gasteiger partial charge is 0.387 e. The number of rotatable bonds is 10. The molecule has 0 aliphatic carbocycles. The predicted molar refractivity (Wildman–Crippen MR) is 156 cm³/mol. The van der Waals surface area contributed by atoms with Crippen LogP contribution in [0, 0.1) is 10.1 Å². The van der Waals surface area contributed by atoms with Crippen molar-refractivity contribution in [2.45, 2.75) is 17.3 Å². The first-order valence-corrected chi connectivity index (χ1v) is 15.8. The number of alkyl halides is 2. The van der Waals surface area contributed by atoms with Crippen molar-refractivity contribution in [1.82, 2.24) is 4.72 Å². The van der Waals surface area contributed by atoms with E-state index in [0.29, 0.717) is 5.39 Å². The Hall–Kier alpha value is -4.44. The van der Waals surface area contributed by atoms with E-state index in [9.17, 15) is 27.3 Å². The fourth-order valence-corrected chi connectivity index (χ4v) is 9.51. The number of benzene rings is 5. The summed E-state index contributed by atoms with van der Waals surface area (Å²) in [5.74, 6) is -2.35. The average molecular weight is 609 g/mol. The number of nitrogens with one attached hydrogen (secondary N) is 1. The molecule has 0 radical (unpaired) electrons. The molecule has 0 amide bonds. The zero-order valence-corrected chi connectivity index (χ0v) is 23.4. The van der Waals surface area contributed by atoms with Gasteiger partial charge in [-0.15, -0.1) is 0 Å². The maximum Gasteiger partial charge on any atom is 0.387 e. The van der Waals surface area contributed by atoms with Crippen LogP contribution in [0.3, 0.4) is 0 Å². The van der Waals surface area contributed by atoms with Gasteiger partial charge in [-0.25, -0.2) is 8.42 Å². The Balaban J connectivity index is 1.79. The van der Waals surface area contributed by atoms with Gasteiger partial charge >= 0.3 is 6.61 Å². The number of hydrogen-bond acceptors (Lipinski definition) is 6. The summed E-state index contributed by atoms with van der Waals surface area (Å²) in [6, 6.07) is 30.1. The molecule has 0 saturated carbocycles. The lowest BCUT2D eigenvalue weighted by Crippen LogP contribution is -2.35. The molecule has 1 N–H and O–H groups in total. The normalized spacial score (nSPS) is 12.7. The van der Waals surface area contributed by atoms with Crippen LogP contribution < -0.4 is 20.1 Å². The molecular formula is C30H23F2N2O6PS. The van der Waals surface area contributed by atoms with Gasteiger partial charge in [-0.3, -0.25) is 10.1 Å². The van der Waals surface area contributed by atoms with Crippen molar-refractivity contribution in [3.8, 4) is 5.75 Å². The third-order valence-electron chi connectivity index (χ3n) is 6.66. The monoisotopic (exact) mass is 608 g/mol. The minimum absolute atomic E-state index is 0.180. The first-order valence-electron chi connectivity index (χ1n) is 12.5. The summed E-state index contributed by atoms with van der Waals surface area (Å²) in [5.41, 5.74) is -0.918. The van der Waals surface area contributed by atoms with Crippen molar-refractivity contribution in [3.63, 3.8) is 0 Å². The van der Waals surface area contributed by atoms with Gasteiger partial charge < -0.3 is 9.30 Å². The summed E-state index contributed by atoms with van der Waals surface area (Å²) >= 11 is 0. The summed E-state index contributed by atoms with van der Waals surface area (Å²) in [4.78, 5) is 10.8. The molecule has 5 aromatic carbocycles. The summed E-state index contributed by atoms with van der Waals surface area (Å²) in [5, 5.41) is 13.5. The Labute approximate surface area is 240 Å². The standard InChI is InChI=1S/C30H23F2N2O6PS/c31-30(32)40-28-18-16-23(34(35)36)20-27(28)29(33-42(38,39)26-17-15-21-9-7-8-10-22(21)19-26)41(37,24-11-3-1-4-12-24)25-13-5-2-6-14-25/h1-20,29-30,33H/t29-/m1/s1. The van der Waals surface area contributed by atoms with E-state index in [2.05, 4.69) is 4.72 Å². The predicted octanol–water partition coefficient (Wildman–Crippen LogP) is 6.34. The Kier molecular flexibility index (Phi) is 8.17. The van der Waals surface area contributed by atoms with Crippen molar-refractivity contribution >= 4 is 44.2 Å². The van der Waals surface area contributed by atoms with E-state index >= 15 is 4.57 Å². The molecule has 12 heteroatoms. The third-order valence-corrected chi connectivity index (χ3v) is 11.5. The molecule has 1 atom stereocenters. The molecule has 0 aliphatic rings. The number of halogens is 2. The maximum atomic E-state index is 15.4. The molecular weight excluding hydrogens is 585 g/mol. The van der Waals surface area contributed by atoms with Crippen LogP contribution in [-0.2, 0) is 14.6 Å². The van der Waals surface area contributed by atoms with E-state index in [1.54, 1.807) is 66.7 Å². The van der Waals surface area contributed by atoms with Crippen molar-refractivity contribution in [1.29, 1.82) is 0 Å². The van der Waals surface area contributed by atoms with Crippen molar-refractivity contribution in [2.75, 3.05) is 0 Å². The van der Waals surface area contributed by atoms with E-state index < -0.39 is 45.9 Å². The van der Waals surface area contributed by atoms with Gasteiger partial charge in [0.25, 0.3) is 5.69 Å². The molecule has 214 valence electrons. The van der Waals surface area contributed by atoms with Crippen LogP contribution in [0.15, 0.2) is 126 Å². The van der Waals surface area contributed by atoms with Gasteiger partial charge in [0.2, 0.25) is 10.0 Å². The zero-order chi connectivity index (χ0) is 29.9. The molecule has 0 aromatic heterocycles. The van der Waals surface area contributed by atoms with Crippen LogP contribution in [-0.4, -0.2) is 20.0 Å². The highest BCUT2D eigenvalue weighted by Crippen LogP contribution is 2.58. The molecule has 0 saturated heterocycles. The molecule has 5 rings (SSSR count). The van der Waals surface area contributed by atoms with Gasteiger partial charge in [0.05, 0.1) is 9.82 Å². The molecule has 0 heterocycles. The van der Waals surface area contributed by atoms with Crippen LogP contribution in [0.5, 0.6) is 5.75 Å². The van der Waals surface area contributed by atoms with E-state index in [4.69, 9.17) is 4.74 Å². The number of hydrogen-bond donors (Lipinski definition) is 1. The van der Waals surface area contributed by atoms with Gasteiger partial charge in [-0.1, -0.05) is 91.0 Å². The van der Waals surface area contributed by atoms with E-state index in [1.807, 2.05) is 0 Å². The van der Waals surface area contributed by atoms with Crippen molar-refractivity contribution in [2.24, 2.45) is 0 Å². The van der Waals surface area contributed by atoms with Crippen LogP contribution in [0.2, 0.25) is 0 Å². The summed E-state index contributed by atoms with van der Waals surface area (Å²) in [6.07, 6.45) is 0. The number of non-ortho nitro benzene ring substituents is 1. The number of sulfonamides is 1. The second-order valence-corrected chi connectivity index (χ2v) is 13.8. The minimum atomic E-state index is -4.51. The lowest BCUT2D eigenvalue weighted by molar-refractivity contribution is -0.385. The Morgan fingerprint density at radius 2 is 1.33 bits per heavy atom. The first-order chi connectivity index (χ1) is 20.1. The number of nitro groups is 1.